The van der Waals surface area contributed by atoms with Crippen LogP contribution >= 0.6 is 0 Å². The fourth-order valence-corrected chi connectivity index (χ4v) is 2.08. The van der Waals surface area contributed by atoms with Gasteiger partial charge >= 0.3 is 0 Å². The topological polar surface area (TPSA) is 18.5 Å². The van der Waals surface area contributed by atoms with Crippen molar-refractivity contribution in [2.24, 2.45) is 0 Å². The van der Waals surface area contributed by atoms with Crippen molar-refractivity contribution >= 4 is 0 Å². The van der Waals surface area contributed by atoms with Crippen LogP contribution in [-0.2, 0) is 6.61 Å². The zero-order valence-electron chi connectivity index (χ0n) is 12.5. The van der Waals surface area contributed by atoms with Crippen molar-refractivity contribution in [1.82, 2.24) is 0 Å². The van der Waals surface area contributed by atoms with E-state index in [-0.39, 0.29) is 0 Å². The molecule has 3 aromatic rings. The van der Waals surface area contributed by atoms with E-state index < -0.39 is 0 Å². The van der Waals surface area contributed by atoms with Crippen molar-refractivity contribution in [1.29, 1.82) is 0 Å². The second-order valence-corrected chi connectivity index (χ2v) is 5.16. The summed E-state index contributed by atoms with van der Waals surface area (Å²) < 4.78 is 11.5. The van der Waals surface area contributed by atoms with Crippen molar-refractivity contribution in [2.75, 3.05) is 0 Å². The summed E-state index contributed by atoms with van der Waals surface area (Å²) in [6.45, 7) is 2.65. The van der Waals surface area contributed by atoms with Crippen LogP contribution < -0.4 is 9.47 Å². The van der Waals surface area contributed by atoms with Gasteiger partial charge in [-0.2, -0.15) is 0 Å². The SMILES string of the molecule is Cc1ccc(COc2ccc(Oc3ccccc3)cc2)cc1. The number of hydrogen-bond donors (Lipinski definition) is 0. The summed E-state index contributed by atoms with van der Waals surface area (Å²) in [5, 5.41) is 0. The predicted octanol–water partition coefficient (Wildman–Crippen LogP) is 5.37. The van der Waals surface area contributed by atoms with Gasteiger partial charge in [-0.25, -0.2) is 0 Å². The quantitative estimate of drug-likeness (QED) is 0.629. The minimum Gasteiger partial charge on any atom is -0.489 e. The van der Waals surface area contributed by atoms with Crippen LogP contribution in [0.2, 0.25) is 0 Å². The number of hydrogen-bond acceptors (Lipinski definition) is 2. The highest BCUT2D eigenvalue weighted by Crippen LogP contribution is 2.23. The molecule has 0 saturated carbocycles. The maximum Gasteiger partial charge on any atom is 0.127 e. The maximum absolute atomic E-state index is 5.78. The molecular formula is C20H18O2. The van der Waals surface area contributed by atoms with Crippen LogP contribution in [0.1, 0.15) is 11.1 Å². The Hall–Kier alpha value is -2.74. The van der Waals surface area contributed by atoms with Crippen LogP contribution in [0.25, 0.3) is 0 Å². The van der Waals surface area contributed by atoms with E-state index in [1.54, 1.807) is 0 Å². The van der Waals surface area contributed by atoms with Crippen molar-refractivity contribution in [3.63, 3.8) is 0 Å². The summed E-state index contributed by atoms with van der Waals surface area (Å²) in [4.78, 5) is 0. The predicted molar refractivity (Wildman–Crippen MR) is 88.5 cm³/mol. The number of ether oxygens (including phenoxy) is 2. The highest BCUT2D eigenvalue weighted by molar-refractivity contribution is 5.35. The molecular weight excluding hydrogens is 272 g/mol. The summed E-state index contributed by atoms with van der Waals surface area (Å²) in [7, 11) is 0. The summed E-state index contributed by atoms with van der Waals surface area (Å²) in [6, 6.07) is 25.8. The number of aryl methyl sites for hydroxylation is 1. The molecule has 0 fully saturated rings. The number of para-hydroxylation sites is 1. The van der Waals surface area contributed by atoms with Gasteiger partial charge in [0.2, 0.25) is 0 Å². The molecule has 0 heterocycles. The molecule has 0 spiro atoms. The molecule has 0 N–H and O–H groups in total. The minimum atomic E-state index is 0.569. The maximum atomic E-state index is 5.78. The Labute approximate surface area is 131 Å². The van der Waals surface area contributed by atoms with Gasteiger partial charge in [0.05, 0.1) is 0 Å². The number of benzene rings is 3. The molecule has 0 aliphatic heterocycles. The standard InChI is InChI=1S/C20H18O2/c1-16-7-9-17(10-8-16)15-21-18-11-13-20(14-12-18)22-19-5-3-2-4-6-19/h2-14H,15H2,1H3. The van der Waals surface area contributed by atoms with E-state index in [2.05, 4.69) is 31.2 Å². The fourth-order valence-electron chi connectivity index (χ4n) is 2.08. The minimum absolute atomic E-state index is 0.569. The molecule has 0 bridgehead atoms. The van der Waals surface area contributed by atoms with Crippen molar-refractivity contribution in [3.8, 4) is 17.2 Å². The Morgan fingerprint density at radius 2 is 1.23 bits per heavy atom. The molecule has 0 aromatic heterocycles. The molecule has 0 unspecified atom stereocenters. The van der Waals surface area contributed by atoms with E-state index in [4.69, 9.17) is 9.47 Å². The van der Waals surface area contributed by atoms with Gasteiger partial charge in [-0.05, 0) is 48.9 Å². The Kier molecular flexibility index (Phi) is 4.40. The van der Waals surface area contributed by atoms with E-state index in [1.165, 1.54) is 5.56 Å². The highest BCUT2D eigenvalue weighted by atomic mass is 16.5. The third-order valence-corrected chi connectivity index (χ3v) is 3.33. The van der Waals surface area contributed by atoms with Gasteiger partial charge in [-0.1, -0.05) is 48.0 Å². The zero-order chi connectivity index (χ0) is 15.2. The van der Waals surface area contributed by atoms with E-state index in [9.17, 15) is 0 Å². The third-order valence-electron chi connectivity index (χ3n) is 3.33. The molecule has 0 aliphatic rings. The first-order valence-electron chi connectivity index (χ1n) is 7.31. The van der Waals surface area contributed by atoms with Gasteiger partial charge in [-0.15, -0.1) is 0 Å². The average molecular weight is 290 g/mol. The van der Waals surface area contributed by atoms with Gasteiger partial charge in [-0.3, -0.25) is 0 Å². The molecule has 0 atom stereocenters. The Morgan fingerprint density at radius 1 is 0.636 bits per heavy atom. The summed E-state index contributed by atoms with van der Waals surface area (Å²) in [6.07, 6.45) is 0. The summed E-state index contributed by atoms with van der Waals surface area (Å²) in [5.74, 6) is 2.46. The van der Waals surface area contributed by atoms with Crippen LogP contribution in [0.5, 0.6) is 17.2 Å². The molecule has 0 aliphatic carbocycles. The highest BCUT2D eigenvalue weighted by Gasteiger charge is 1.99. The Bertz CT molecular complexity index is 701. The van der Waals surface area contributed by atoms with Gasteiger partial charge in [0, 0.05) is 0 Å². The lowest BCUT2D eigenvalue weighted by Crippen LogP contribution is -1.95. The molecule has 0 saturated heterocycles. The second kappa shape index (κ2) is 6.81. The van der Waals surface area contributed by atoms with Crippen molar-refractivity contribution in [2.45, 2.75) is 13.5 Å². The lowest BCUT2D eigenvalue weighted by molar-refractivity contribution is 0.306. The Morgan fingerprint density at radius 3 is 1.91 bits per heavy atom. The van der Waals surface area contributed by atoms with Crippen LogP contribution in [0.4, 0.5) is 0 Å². The van der Waals surface area contributed by atoms with E-state index in [0.29, 0.717) is 6.61 Å². The van der Waals surface area contributed by atoms with Crippen molar-refractivity contribution in [3.05, 3.63) is 90.0 Å². The van der Waals surface area contributed by atoms with Crippen LogP contribution in [0.15, 0.2) is 78.9 Å². The molecule has 0 radical (unpaired) electrons. The summed E-state index contributed by atoms with van der Waals surface area (Å²) >= 11 is 0. The first-order valence-corrected chi connectivity index (χ1v) is 7.31. The zero-order valence-corrected chi connectivity index (χ0v) is 12.5. The van der Waals surface area contributed by atoms with Crippen LogP contribution in [-0.4, -0.2) is 0 Å². The molecule has 110 valence electrons. The van der Waals surface area contributed by atoms with Crippen molar-refractivity contribution < 1.29 is 9.47 Å². The van der Waals surface area contributed by atoms with Gasteiger partial charge in [0.15, 0.2) is 0 Å². The molecule has 22 heavy (non-hydrogen) atoms. The molecule has 2 nitrogen and oxygen atoms in total. The fraction of sp³-hybridized carbons (Fsp3) is 0.100. The largest absolute Gasteiger partial charge is 0.489 e. The van der Waals surface area contributed by atoms with Crippen LogP contribution in [0, 0.1) is 6.92 Å². The van der Waals surface area contributed by atoms with E-state index in [0.717, 1.165) is 22.8 Å². The van der Waals surface area contributed by atoms with Gasteiger partial charge < -0.3 is 9.47 Å². The Balaban J connectivity index is 1.58. The third kappa shape index (κ3) is 3.89. The molecule has 2 heteroatoms. The van der Waals surface area contributed by atoms with Gasteiger partial charge in [0.25, 0.3) is 0 Å². The van der Waals surface area contributed by atoms with E-state index >= 15 is 0 Å². The number of rotatable bonds is 5. The van der Waals surface area contributed by atoms with Crippen LogP contribution in [0.3, 0.4) is 0 Å². The first kappa shape index (κ1) is 14.2. The average Bonchev–Trinajstić information content (AvgIpc) is 2.57. The summed E-state index contributed by atoms with van der Waals surface area (Å²) in [5.41, 5.74) is 2.42. The van der Waals surface area contributed by atoms with E-state index in [1.807, 2.05) is 54.6 Å². The lowest BCUT2D eigenvalue weighted by Gasteiger charge is -2.09. The normalized spacial score (nSPS) is 10.2. The smallest absolute Gasteiger partial charge is 0.127 e. The van der Waals surface area contributed by atoms with Gasteiger partial charge in [0.1, 0.15) is 23.9 Å². The first-order chi connectivity index (χ1) is 10.8. The monoisotopic (exact) mass is 290 g/mol. The lowest BCUT2D eigenvalue weighted by atomic mass is 10.2. The molecule has 0 amide bonds. The molecule has 3 aromatic carbocycles. The second-order valence-electron chi connectivity index (χ2n) is 5.16. The molecule has 3 rings (SSSR count).